The van der Waals surface area contributed by atoms with Gasteiger partial charge in [0.15, 0.2) is 0 Å². The molecule has 0 N–H and O–H groups in total. The second-order valence-electron chi connectivity index (χ2n) is 7.99. The van der Waals surface area contributed by atoms with E-state index in [0.717, 1.165) is 24.1 Å². The van der Waals surface area contributed by atoms with Crippen molar-refractivity contribution in [1.82, 2.24) is 4.98 Å². The zero-order chi connectivity index (χ0) is 21.6. The molecule has 0 bridgehead atoms. The third kappa shape index (κ3) is 8.66. The van der Waals surface area contributed by atoms with Crippen LogP contribution in [0, 0.1) is 5.92 Å². The first kappa shape index (κ1) is 24.1. The van der Waals surface area contributed by atoms with E-state index in [4.69, 9.17) is 9.47 Å². The highest BCUT2D eigenvalue weighted by Gasteiger charge is 2.15. The SMILES string of the molecule is CCCCCCCCc1ccc(-c2ccc(OC(=O)C(C)COCCC)cc2)nc1. The van der Waals surface area contributed by atoms with E-state index in [1.165, 1.54) is 44.1 Å². The predicted molar refractivity (Wildman–Crippen MR) is 123 cm³/mol. The van der Waals surface area contributed by atoms with Crippen molar-refractivity contribution in [2.75, 3.05) is 13.2 Å². The van der Waals surface area contributed by atoms with Crippen molar-refractivity contribution in [3.05, 3.63) is 48.2 Å². The standard InChI is InChI=1S/C26H37NO3/c1-4-6-7-8-9-10-11-22-12-17-25(27-19-22)23-13-15-24(16-14-23)30-26(28)21(3)20-29-18-5-2/h12-17,19,21H,4-11,18,20H2,1-3H3. The normalized spacial score (nSPS) is 12.0. The number of hydrogen-bond donors (Lipinski definition) is 0. The first-order valence-corrected chi connectivity index (χ1v) is 11.5. The minimum absolute atomic E-state index is 0.268. The monoisotopic (exact) mass is 411 g/mol. The summed E-state index contributed by atoms with van der Waals surface area (Å²) in [6, 6.07) is 11.8. The van der Waals surface area contributed by atoms with Gasteiger partial charge in [0, 0.05) is 18.4 Å². The highest BCUT2D eigenvalue weighted by atomic mass is 16.5. The van der Waals surface area contributed by atoms with E-state index in [0.29, 0.717) is 19.0 Å². The molecule has 0 aliphatic heterocycles. The summed E-state index contributed by atoms with van der Waals surface area (Å²) in [5, 5.41) is 0. The first-order chi connectivity index (χ1) is 14.6. The van der Waals surface area contributed by atoms with Gasteiger partial charge in [0.1, 0.15) is 5.75 Å². The van der Waals surface area contributed by atoms with Crippen LogP contribution in [0.1, 0.15) is 71.3 Å². The van der Waals surface area contributed by atoms with Crippen LogP contribution in [0.15, 0.2) is 42.6 Å². The minimum Gasteiger partial charge on any atom is -0.426 e. The summed E-state index contributed by atoms with van der Waals surface area (Å²) < 4.78 is 10.9. The van der Waals surface area contributed by atoms with E-state index in [1.807, 2.05) is 44.3 Å². The van der Waals surface area contributed by atoms with E-state index in [2.05, 4.69) is 24.0 Å². The molecule has 0 radical (unpaired) electrons. The van der Waals surface area contributed by atoms with Gasteiger partial charge in [0.25, 0.3) is 0 Å². The molecule has 1 heterocycles. The highest BCUT2D eigenvalue weighted by molar-refractivity contribution is 5.75. The summed E-state index contributed by atoms with van der Waals surface area (Å²) in [6.07, 6.45) is 11.9. The Bertz CT molecular complexity index is 725. The number of aryl methyl sites for hydroxylation is 1. The van der Waals surface area contributed by atoms with E-state index in [1.54, 1.807) is 0 Å². The maximum atomic E-state index is 12.1. The molecule has 0 saturated carbocycles. The Balaban J connectivity index is 1.80. The summed E-state index contributed by atoms with van der Waals surface area (Å²) >= 11 is 0. The molecule has 1 atom stereocenters. The number of carbonyl (C=O) groups is 1. The number of pyridine rings is 1. The van der Waals surface area contributed by atoms with Gasteiger partial charge in [0.2, 0.25) is 0 Å². The van der Waals surface area contributed by atoms with E-state index in [-0.39, 0.29) is 11.9 Å². The molecule has 0 spiro atoms. The summed E-state index contributed by atoms with van der Waals surface area (Å²) in [6.45, 7) is 7.17. The zero-order valence-corrected chi connectivity index (χ0v) is 18.9. The summed E-state index contributed by atoms with van der Waals surface area (Å²) in [5.74, 6) is -0.00103. The largest absolute Gasteiger partial charge is 0.426 e. The predicted octanol–water partition coefficient (Wildman–Crippen LogP) is 6.62. The molecule has 0 saturated heterocycles. The molecular weight excluding hydrogens is 374 g/mol. The van der Waals surface area contributed by atoms with Gasteiger partial charge in [-0.2, -0.15) is 0 Å². The number of benzene rings is 1. The smallest absolute Gasteiger partial charge is 0.316 e. The van der Waals surface area contributed by atoms with Crippen molar-refractivity contribution in [3.63, 3.8) is 0 Å². The van der Waals surface area contributed by atoms with Gasteiger partial charge >= 0.3 is 5.97 Å². The minimum atomic E-state index is -0.280. The molecule has 30 heavy (non-hydrogen) atoms. The number of carbonyl (C=O) groups excluding carboxylic acids is 1. The second kappa shape index (κ2) is 13.9. The Hall–Kier alpha value is -2.20. The van der Waals surface area contributed by atoms with E-state index >= 15 is 0 Å². The molecule has 4 heteroatoms. The fraction of sp³-hybridized carbons (Fsp3) is 0.538. The van der Waals surface area contributed by atoms with Gasteiger partial charge in [-0.1, -0.05) is 52.0 Å². The van der Waals surface area contributed by atoms with Crippen LogP contribution in [0.2, 0.25) is 0 Å². The topological polar surface area (TPSA) is 48.4 Å². The maximum Gasteiger partial charge on any atom is 0.316 e. The molecule has 0 aliphatic rings. The first-order valence-electron chi connectivity index (χ1n) is 11.5. The van der Waals surface area contributed by atoms with Gasteiger partial charge in [-0.05, 0) is 62.1 Å². The number of nitrogens with zero attached hydrogens (tertiary/aromatic N) is 1. The lowest BCUT2D eigenvalue weighted by molar-refractivity contribution is -0.140. The lowest BCUT2D eigenvalue weighted by atomic mass is 10.1. The van der Waals surface area contributed by atoms with Crippen LogP contribution in [-0.4, -0.2) is 24.2 Å². The van der Waals surface area contributed by atoms with Crippen LogP contribution in [0.25, 0.3) is 11.3 Å². The quantitative estimate of drug-likeness (QED) is 0.199. The summed E-state index contributed by atoms with van der Waals surface area (Å²) in [4.78, 5) is 16.8. The molecule has 164 valence electrons. The van der Waals surface area contributed by atoms with Crippen LogP contribution in [0.3, 0.4) is 0 Å². The van der Waals surface area contributed by atoms with Gasteiger partial charge in [0.05, 0.1) is 18.2 Å². The van der Waals surface area contributed by atoms with Crippen LogP contribution in [0.4, 0.5) is 0 Å². The molecule has 1 unspecified atom stereocenters. The molecule has 1 aromatic carbocycles. The highest BCUT2D eigenvalue weighted by Crippen LogP contribution is 2.22. The fourth-order valence-corrected chi connectivity index (χ4v) is 3.24. The van der Waals surface area contributed by atoms with Gasteiger partial charge in [-0.3, -0.25) is 9.78 Å². The van der Waals surface area contributed by atoms with Crippen molar-refractivity contribution < 1.29 is 14.3 Å². The van der Waals surface area contributed by atoms with Crippen molar-refractivity contribution in [2.45, 2.75) is 72.1 Å². The molecule has 2 rings (SSSR count). The van der Waals surface area contributed by atoms with Crippen LogP contribution in [0.5, 0.6) is 5.75 Å². The average molecular weight is 412 g/mol. The number of rotatable bonds is 14. The van der Waals surface area contributed by atoms with Crippen LogP contribution in [-0.2, 0) is 16.0 Å². The summed E-state index contributed by atoms with van der Waals surface area (Å²) in [7, 11) is 0. The summed E-state index contributed by atoms with van der Waals surface area (Å²) in [5.41, 5.74) is 3.24. The van der Waals surface area contributed by atoms with Gasteiger partial charge < -0.3 is 9.47 Å². The third-order valence-electron chi connectivity index (χ3n) is 5.13. The van der Waals surface area contributed by atoms with Crippen LogP contribution >= 0.6 is 0 Å². The molecule has 1 aromatic heterocycles. The number of esters is 1. The van der Waals surface area contributed by atoms with Crippen LogP contribution < -0.4 is 4.74 Å². The van der Waals surface area contributed by atoms with Crippen molar-refractivity contribution in [2.24, 2.45) is 5.92 Å². The second-order valence-corrected chi connectivity index (χ2v) is 7.99. The maximum absolute atomic E-state index is 12.1. The molecule has 0 amide bonds. The molecular formula is C26H37NO3. The van der Waals surface area contributed by atoms with E-state index < -0.39 is 0 Å². The molecule has 0 aliphatic carbocycles. The lowest BCUT2D eigenvalue weighted by Crippen LogP contribution is -2.22. The Morgan fingerprint density at radius 1 is 0.933 bits per heavy atom. The zero-order valence-electron chi connectivity index (χ0n) is 18.9. The molecule has 2 aromatic rings. The number of ether oxygens (including phenoxy) is 2. The van der Waals surface area contributed by atoms with E-state index in [9.17, 15) is 4.79 Å². The van der Waals surface area contributed by atoms with Crippen molar-refractivity contribution >= 4 is 5.97 Å². The number of aromatic nitrogens is 1. The van der Waals surface area contributed by atoms with Gasteiger partial charge in [-0.15, -0.1) is 0 Å². The van der Waals surface area contributed by atoms with Crippen molar-refractivity contribution in [3.8, 4) is 17.0 Å². The lowest BCUT2D eigenvalue weighted by Gasteiger charge is -2.11. The Labute approximate surface area is 182 Å². The fourth-order valence-electron chi connectivity index (χ4n) is 3.24. The average Bonchev–Trinajstić information content (AvgIpc) is 2.77. The molecule has 0 fully saturated rings. The van der Waals surface area contributed by atoms with Crippen molar-refractivity contribution in [1.29, 1.82) is 0 Å². The third-order valence-corrected chi connectivity index (χ3v) is 5.13. The Kier molecular flexibility index (Phi) is 11.2. The van der Waals surface area contributed by atoms with Gasteiger partial charge in [-0.25, -0.2) is 0 Å². The number of hydrogen-bond acceptors (Lipinski definition) is 4. The molecule has 4 nitrogen and oxygen atoms in total. The Morgan fingerprint density at radius 2 is 1.67 bits per heavy atom. The number of unbranched alkanes of at least 4 members (excludes halogenated alkanes) is 5. The Morgan fingerprint density at radius 3 is 2.33 bits per heavy atom.